The van der Waals surface area contributed by atoms with Crippen molar-refractivity contribution in [3.63, 3.8) is 0 Å². The largest absolute Gasteiger partial charge is 0.371 e. The molecule has 0 unspecified atom stereocenters. The lowest BCUT2D eigenvalue weighted by Gasteiger charge is -2.17. The summed E-state index contributed by atoms with van der Waals surface area (Å²) >= 11 is 3.14. The van der Waals surface area contributed by atoms with Crippen LogP contribution in [-0.4, -0.2) is 39.3 Å². The fourth-order valence-corrected chi connectivity index (χ4v) is 3.87. The maximum atomic E-state index is 12.6. The molecule has 8 heteroatoms. The van der Waals surface area contributed by atoms with Gasteiger partial charge in [0.15, 0.2) is 0 Å². The average Bonchev–Trinajstić information content (AvgIpc) is 3.30. The van der Waals surface area contributed by atoms with Crippen molar-refractivity contribution < 1.29 is 9.53 Å². The van der Waals surface area contributed by atoms with E-state index in [1.54, 1.807) is 11.8 Å². The number of ether oxygens (including phenoxy) is 1. The van der Waals surface area contributed by atoms with E-state index < -0.39 is 0 Å². The van der Waals surface area contributed by atoms with Crippen LogP contribution in [-0.2, 0) is 9.53 Å². The molecule has 2 aromatic heterocycles. The molecule has 1 amide bonds. The summed E-state index contributed by atoms with van der Waals surface area (Å²) in [5.74, 6) is 0.873. The number of carbonyl (C=O) groups excluding carboxylic acids is 1. The molecule has 0 saturated carbocycles. The van der Waals surface area contributed by atoms with Gasteiger partial charge in [0, 0.05) is 19.0 Å². The van der Waals surface area contributed by atoms with Crippen LogP contribution < -0.4 is 5.32 Å². The Morgan fingerprint density at radius 1 is 1.52 bits per heavy atom. The highest BCUT2D eigenvalue weighted by molar-refractivity contribution is 7.98. The first-order valence-electron chi connectivity index (χ1n) is 7.65. The fourth-order valence-electron chi connectivity index (χ4n) is 2.58. The van der Waals surface area contributed by atoms with E-state index in [4.69, 9.17) is 4.74 Å². The molecule has 0 aromatic carbocycles. The van der Waals surface area contributed by atoms with Crippen molar-refractivity contribution in [3.05, 3.63) is 29.5 Å². The lowest BCUT2D eigenvalue weighted by molar-refractivity contribution is -0.119. The van der Waals surface area contributed by atoms with Gasteiger partial charge in [0.2, 0.25) is 11.0 Å². The highest BCUT2D eigenvalue weighted by Gasteiger charge is 2.24. The molecule has 1 aliphatic rings. The van der Waals surface area contributed by atoms with Crippen molar-refractivity contribution in [2.75, 3.05) is 23.9 Å². The van der Waals surface area contributed by atoms with Crippen LogP contribution >= 0.6 is 23.1 Å². The number of thioether (sulfide) groups is 1. The number of hydrogen-bond acceptors (Lipinski definition) is 6. The van der Waals surface area contributed by atoms with Gasteiger partial charge in [0.05, 0.1) is 0 Å². The fraction of sp³-hybridized carbons (Fsp3) is 0.533. The minimum absolute atomic E-state index is 0.0369. The number of anilines is 1. The molecule has 3 heterocycles. The second-order valence-electron chi connectivity index (χ2n) is 5.36. The van der Waals surface area contributed by atoms with Gasteiger partial charge in [-0.1, -0.05) is 11.3 Å². The Morgan fingerprint density at radius 2 is 2.35 bits per heavy atom. The van der Waals surface area contributed by atoms with Gasteiger partial charge in [-0.2, -0.15) is 11.8 Å². The van der Waals surface area contributed by atoms with E-state index in [1.165, 1.54) is 11.3 Å². The summed E-state index contributed by atoms with van der Waals surface area (Å²) in [6, 6.07) is 3.63. The summed E-state index contributed by atoms with van der Waals surface area (Å²) in [6.45, 7) is 0.774. The third-order valence-corrected chi connectivity index (χ3v) is 5.34. The molecule has 1 saturated heterocycles. The zero-order chi connectivity index (χ0) is 16.1. The number of carbonyl (C=O) groups is 1. The molecule has 0 spiro atoms. The van der Waals surface area contributed by atoms with Crippen LogP contribution in [0.2, 0.25) is 0 Å². The molecule has 1 N–H and O–H groups in total. The van der Waals surface area contributed by atoms with Gasteiger partial charge in [-0.3, -0.25) is 10.1 Å². The number of amides is 1. The Kier molecular flexibility index (Phi) is 5.69. The Balaban J connectivity index is 1.66. The predicted molar refractivity (Wildman–Crippen MR) is 92.9 cm³/mol. The van der Waals surface area contributed by atoms with E-state index in [1.807, 2.05) is 35.3 Å². The molecule has 0 bridgehead atoms. The minimum atomic E-state index is -0.229. The second kappa shape index (κ2) is 7.94. The molecule has 2 aromatic rings. The van der Waals surface area contributed by atoms with Crippen LogP contribution in [0.4, 0.5) is 5.13 Å². The molecule has 6 nitrogen and oxygen atoms in total. The summed E-state index contributed by atoms with van der Waals surface area (Å²) in [7, 11) is 0. The van der Waals surface area contributed by atoms with Crippen molar-refractivity contribution in [2.24, 2.45) is 0 Å². The maximum Gasteiger partial charge on any atom is 0.249 e. The Bertz CT molecular complexity index is 623. The summed E-state index contributed by atoms with van der Waals surface area (Å²) in [4.78, 5) is 12.6. The first kappa shape index (κ1) is 16.5. The lowest BCUT2D eigenvalue weighted by Crippen LogP contribution is -2.25. The standard InChI is InChI=1S/C15H20N4O2S2/c1-22-10-6-11(19-7-2-3-8-19)13(20)16-15-18-17-14(23-15)12-5-4-9-21-12/h2-3,7-8,11-12H,4-6,9-10H2,1H3,(H,16,18,20)/t11-,12+/m1/s1. The van der Waals surface area contributed by atoms with Gasteiger partial charge >= 0.3 is 0 Å². The van der Waals surface area contributed by atoms with E-state index >= 15 is 0 Å². The van der Waals surface area contributed by atoms with Gasteiger partial charge in [-0.15, -0.1) is 10.2 Å². The van der Waals surface area contributed by atoms with E-state index in [2.05, 4.69) is 15.5 Å². The predicted octanol–water partition coefficient (Wildman–Crippen LogP) is 3.12. The van der Waals surface area contributed by atoms with Crippen LogP contribution in [0.3, 0.4) is 0 Å². The van der Waals surface area contributed by atoms with E-state index in [-0.39, 0.29) is 18.1 Å². The summed E-state index contributed by atoms with van der Waals surface area (Å²) in [5.41, 5.74) is 0. The maximum absolute atomic E-state index is 12.6. The Hall–Kier alpha value is -1.38. The highest BCUT2D eigenvalue weighted by Crippen LogP contribution is 2.32. The van der Waals surface area contributed by atoms with Crippen LogP contribution in [0, 0.1) is 0 Å². The third-order valence-electron chi connectivity index (χ3n) is 3.76. The molecule has 124 valence electrons. The first-order valence-corrected chi connectivity index (χ1v) is 9.86. The van der Waals surface area contributed by atoms with Crippen molar-refractivity contribution in [1.82, 2.24) is 14.8 Å². The summed E-state index contributed by atoms with van der Waals surface area (Å²) < 4.78 is 7.54. The Labute approximate surface area is 143 Å². The third kappa shape index (κ3) is 4.13. The molecule has 23 heavy (non-hydrogen) atoms. The number of hydrogen-bond donors (Lipinski definition) is 1. The zero-order valence-electron chi connectivity index (χ0n) is 13.0. The molecule has 0 radical (unpaired) electrons. The quantitative estimate of drug-likeness (QED) is 0.829. The molecule has 1 aliphatic heterocycles. The van der Waals surface area contributed by atoms with Crippen molar-refractivity contribution in [1.29, 1.82) is 0 Å². The van der Waals surface area contributed by atoms with E-state index in [9.17, 15) is 4.79 Å². The molecule has 2 atom stereocenters. The van der Waals surface area contributed by atoms with Crippen LogP contribution in [0.25, 0.3) is 0 Å². The number of nitrogens with zero attached hydrogens (tertiary/aromatic N) is 3. The highest BCUT2D eigenvalue weighted by atomic mass is 32.2. The number of aromatic nitrogens is 3. The Morgan fingerprint density at radius 3 is 3.04 bits per heavy atom. The van der Waals surface area contributed by atoms with Gasteiger partial charge in [0.1, 0.15) is 17.2 Å². The van der Waals surface area contributed by atoms with Gasteiger partial charge in [-0.25, -0.2) is 0 Å². The van der Waals surface area contributed by atoms with Crippen LogP contribution in [0.1, 0.15) is 36.4 Å². The SMILES string of the molecule is CSCC[C@H](C(=O)Nc1nnc([C@@H]2CCCO2)s1)n1cccc1. The number of rotatable bonds is 7. The van der Waals surface area contributed by atoms with E-state index in [0.29, 0.717) is 5.13 Å². The number of nitrogens with one attached hydrogen (secondary N) is 1. The van der Waals surface area contributed by atoms with Gasteiger partial charge < -0.3 is 9.30 Å². The monoisotopic (exact) mass is 352 g/mol. The summed E-state index contributed by atoms with van der Waals surface area (Å²) in [5, 5.41) is 12.5. The average molecular weight is 352 g/mol. The van der Waals surface area contributed by atoms with Crippen molar-refractivity contribution in [2.45, 2.75) is 31.4 Å². The molecule has 1 fully saturated rings. The smallest absolute Gasteiger partial charge is 0.249 e. The van der Waals surface area contributed by atoms with Gasteiger partial charge in [-0.05, 0) is 43.4 Å². The molecular weight excluding hydrogens is 332 g/mol. The van der Waals surface area contributed by atoms with Crippen molar-refractivity contribution >= 4 is 34.1 Å². The second-order valence-corrected chi connectivity index (χ2v) is 7.36. The summed E-state index contributed by atoms with van der Waals surface area (Å²) in [6.07, 6.45) is 8.72. The lowest BCUT2D eigenvalue weighted by atomic mass is 10.2. The topological polar surface area (TPSA) is 69.0 Å². The van der Waals surface area contributed by atoms with Crippen LogP contribution in [0.5, 0.6) is 0 Å². The first-order chi connectivity index (χ1) is 11.3. The molecular formula is C15H20N4O2S2. The zero-order valence-corrected chi connectivity index (χ0v) is 14.6. The molecule has 0 aliphatic carbocycles. The van der Waals surface area contributed by atoms with Gasteiger partial charge in [0.25, 0.3) is 0 Å². The molecule has 3 rings (SSSR count). The minimum Gasteiger partial charge on any atom is -0.371 e. The normalized spacial score (nSPS) is 18.9. The van der Waals surface area contributed by atoms with Crippen LogP contribution in [0.15, 0.2) is 24.5 Å². The van der Waals surface area contributed by atoms with E-state index in [0.717, 1.165) is 36.6 Å². The van der Waals surface area contributed by atoms with Crippen molar-refractivity contribution in [3.8, 4) is 0 Å².